The highest BCUT2D eigenvalue weighted by Gasteiger charge is 2.22. The molecule has 0 aliphatic carbocycles. The average molecular weight is 355 g/mol. The zero-order valence-corrected chi connectivity index (χ0v) is 14.9. The molecule has 132 valence electrons. The second-order valence-electron chi connectivity index (χ2n) is 4.76. The molecular weight excluding hydrogens is 334 g/mol. The van der Waals surface area contributed by atoms with E-state index < -0.39 is 10.0 Å². The van der Waals surface area contributed by atoms with Gasteiger partial charge in [-0.2, -0.15) is 13.4 Å². The summed E-state index contributed by atoms with van der Waals surface area (Å²) < 4.78 is 39.8. The maximum Gasteiger partial charge on any atom is 0.319 e. The van der Waals surface area contributed by atoms with Crippen LogP contribution in [0.15, 0.2) is 17.4 Å². The summed E-state index contributed by atoms with van der Waals surface area (Å²) in [5, 5.41) is -0.0711. The largest absolute Gasteiger partial charge is 0.476 e. The highest BCUT2D eigenvalue weighted by atomic mass is 32.2. The van der Waals surface area contributed by atoms with Gasteiger partial charge in [-0.15, -0.1) is 0 Å². The lowest BCUT2D eigenvalue weighted by Crippen LogP contribution is -2.15. The summed E-state index contributed by atoms with van der Waals surface area (Å²) in [6, 6.07) is 0.120. The number of ether oxygens (including phenoxy) is 2. The van der Waals surface area contributed by atoms with Crippen LogP contribution in [-0.4, -0.2) is 41.2 Å². The van der Waals surface area contributed by atoms with Gasteiger partial charge < -0.3 is 14.0 Å². The third-order valence-corrected chi connectivity index (χ3v) is 4.34. The van der Waals surface area contributed by atoms with Crippen LogP contribution < -0.4 is 14.2 Å². The molecule has 2 heterocycles. The topological polar surface area (TPSA) is 108 Å². The first kappa shape index (κ1) is 18.0. The van der Waals surface area contributed by atoms with E-state index in [0.717, 1.165) is 0 Å². The second-order valence-corrected chi connectivity index (χ2v) is 6.38. The van der Waals surface area contributed by atoms with E-state index in [9.17, 15) is 8.42 Å². The molecule has 0 aliphatic rings. The second kappa shape index (κ2) is 7.47. The summed E-state index contributed by atoms with van der Waals surface area (Å²) in [4.78, 5) is 12.1. The van der Waals surface area contributed by atoms with Crippen LogP contribution in [0.25, 0.3) is 0 Å². The number of nitrogens with one attached hydrogen (secondary N) is 1. The average Bonchev–Trinajstić information content (AvgIpc) is 2.92. The molecule has 2 aromatic heterocycles. The fraction of sp³-hybridized carbons (Fsp3) is 0.500. The first-order chi connectivity index (χ1) is 11.4. The Labute approximate surface area is 141 Å². The lowest BCUT2D eigenvalue weighted by atomic mass is 10.5. The number of rotatable bonds is 8. The van der Waals surface area contributed by atoms with E-state index in [-0.39, 0.29) is 22.6 Å². The van der Waals surface area contributed by atoms with Gasteiger partial charge in [0.15, 0.2) is 5.03 Å². The molecule has 10 heteroatoms. The third-order valence-electron chi connectivity index (χ3n) is 3.10. The van der Waals surface area contributed by atoms with Gasteiger partial charge in [0.25, 0.3) is 10.0 Å². The minimum absolute atomic E-state index is 0.0711. The molecule has 0 spiro atoms. The van der Waals surface area contributed by atoms with Crippen molar-refractivity contribution >= 4 is 15.7 Å². The summed E-state index contributed by atoms with van der Waals surface area (Å²) in [6.45, 7) is 8.57. The Balaban J connectivity index is 2.34. The van der Waals surface area contributed by atoms with E-state index in [2.05, 4.69) is 19.7 Å². The minimum atomic E-state index is -3.87. The zero-order valence-electron chi connectivity index (χ0n) is 14.1. The molecule has 9 nitrogen and oxygen atoms in total. The molecule has 24 heavy (non-hydrogen) atoms. The van der Waals surface area contributed by atoms with Crippen molar-refractivity contribution in [1.29, 1.82) is 0 Å². The molecule has 0 saturated carbocycles. The Morgan fingerprint density at radius 1 is 1.17 bits per heavy atom. The van der Waals surface area contributed by atoms with Gasteiger partial charge in [-0.25, -0.2) is 9.97 Å². The Kier molecular flexibility index (Phi) is 5.60. The van der Waals surface area contributed by atoms with Crippen molar-refractivity contribution in [3.8, 4) is 11.9 Å². The molecule has 0 bridgehead atoms. The van der Waals surface area contributed by atoms with Crippen LogP contribution in [0, 0.1) is 6.92 Å². The number of anilines is 1. The Hall–Kier alpha value is -2.36. The lowest BCUT2D eigenvalue weighted by Gasteiger charge is -2.11. The molecular formula is C14H21N5O4S. The van der Waals surface area contributed by atoms with Crippen molar-refractivity contribution < 1.29 is 17.9 Å². The van der Waals surface area contributed by atoms with Crippen molar-refractivity contribution in [2.45, 2.75) is 39.3 Å². The first-order valence-electron chi connectivity index (χ1n) is 7.60. The van der Waals surface area contributed by atoms with E-state index in [0.29, 0.717) is 25.6 Å². The van der Waals surface area contributed by atoms with Crippen molar-refractivity contribution in [3.05, 3.63) is 18.2 Å². The molecule has 0 radical (unpaired) electrons. The molecule has 2 aromatic rings. The van der Waals surface area contributed by atoms with E-state index in [1.807, 2.05) is 6.92 Å². The quantitative estimate of drug-likeness (QED) is 0.766. The van der Waals surface area contributed by atoms with E-state index in [1.54, 1.807) is 25.3 Å². The standard InChI is InChI=1S/C14H21N5O4S/c1-5-19-9-12(16-10(19)4)24(20,21)18-11-8-15-14(23-7-3)17-13(11)22-6-2/h8-9,18H,5-7H2,1-4H3. The maximum atomic E-state index is 12.5. The van der Waals surface area contributed by atoms with Crippen LogP contribution in [0.4, 0.5) is 5.69 Å². The maximum absolute atomic E-state index is 12.5. The molecule has 0 aromatic carbocycles. The Morgan fingerprint density at radius 2 is 1.88 bits per heavy atom. The summed E-state index contributed by atoms with van der Waals surface area (Å²) in [6.07, 6.45) is 2.79. The number of nitrogens with zero attached hydrogens (tertiary/aromatic N) is 4. The van der Waals surface area contributed by atoms with Gasteiger partial charge in [0.05, 0.1) is 19.4 Å². The normalized spacial score (nSPS) is 11.3. The molecule has 1 N–H and O–H groups in total. The van der Waals surface area contributed by atoms with E-state index >= 15 is 0 Å². The molecule has 2 rings (SSSR count). The summed E-state index contributed by atoms with van der Waals surface area (Å²) >= 11 is 0. The summed E-state index contributed by atoms with van der Waals surface area (Å²) in [5.74, 6) is 0.719. The Morgan fingerprint density at radius 3 is 2.46 bits per heavy atom. The fourth-order valence-corrected chi connectivity index (χ4v) is 3.04. The summed E-state index contributed by atoms with van der Waals surface area (Å²) in [7, 11) is -3.87. The molecule has 0 aliphatic heterocycles. The van der Waals surface area contributed by atoms with Gasteiger partial charge in [-0.3, -0.25) is 4.72 Å². The van der Waals surface area contributed by atoms with Crippen LogP contribution in [0.5, 0.6) is 11.9 Å². The first-order valence-corrected chi connectivity index (χ1v) is 9.08. The number of aryl methyl sites for hydroxylation is 2. The predicted octanol–water partition coefficient (Wildman–Crippen LogP) is 1.60. The predicted molar refractivity (Wildman–Crippen MR) is 87.8 cm³/mol. The van der Waals surface area contributed by atoms with Gasteiger partial charge in [0.1, 0.15) is 11.5 Å². The number of imidazole rings is 1. The number of hydrogen-bond acceptors (Lipinski definition) is 7. The third kappa shape index (κ3) is 3.94. The summed E-state index contributed by atoms with van der Waals surface area (Å²) in [5.41, 5.74) is 0.129. The minimum Gasteiger partial charge on any atom is -0.476 e. The monoisotopic (exact) mass is 355 g/mol. The van der Waals surface area contributed by atoms with Crippen LogP contribution >= 0.6 is 0 Å². The van der Waals surface area contributed by atoms with Crippen LogP contribution in [0.1, 0.15) is 26.6 Å². The van der Waals surface area contributed by atoms with Gasteiger partial charge in [-0.05, 0) is 27.7 Å². The van der Waals surface area contributed by atoms with Gasteiger partial charge in [-0.1, -0.05) is 0 Å². The van der Waals surface area contributed by atoms with Crippen molar-refractivity contribution in [3.63, 3.8) is 0 Å². The number of hydrogen-bond donors (Lipinski definition) is 1. The SMILES string of the molecule is CCOc1ncc(NS(=O)(=O)c2cn(CC)c(C)n2)c(OCC)n1. The van der Waals surface area contributed by atoms with E-state index in [4.69, 9.17) is 9.47 Å². The van der Waals surface area contributed by atoms with Crippen molar-refractivity contribution in [2.75, 3.05) is 17.9 Å². The highest BCUT2D eigenvalue weighted by Crippen LogP contribution is 2.26. The van der Waals surface area contributed by atoms with Crippen molar-refractivity contribution in [1.82, 2.24) is 19.5 Å². The van der Waals surface area contributed by atoms with Crippen LogP contribution in [0.2, 0.25) is 0 Å². The van der Waals surface area contributed by atoms with Crippen LogP contribution in [0.3, 0.4) is 0 Å². The van der Waals surface area contributed by atoms with Gasteiger partial charge in [0, 0.05) is 12.7 Å². The highest BCUT2D eigenvalue weighted by molar-refractivity contribution is 7.92. The van der Waals surface area contributed by atoms with Gasteiger partial charge in [0.2, 0.25) is 5.88 Å². The molecule has 0 fully saturated rings. The van der Waals surface area contributed by atoms with Crippen LogP contribution in [-0.2, 0) is 16.6 Å². The number of sulfonamides is 1. The fourth-order valence-electron chi connectivity index (χ4n) is 1.99. The lowest BCUT2D eigenvalue weighted by molar-refractivity contribution is 0.290. The molecule has 0 saturated heterocycles. The molecule has 0 unspecified atom stereocenters. The van der Waals surface area contributed by atoms with E-state index in [1.165, 1.54) is 12.4 Å². The number of aromatic nitrogens is 4. The smallest absolute Gasteiger partial charge is 0.319 e. The zero-order chi connectivity index (χ0) is 17.7. The molecule has 0 atom stereocenters. The van der Waals surface area contributed by atoms with Gasteiger partial charge >= 0.3 is 6.01 Å². The van der Waals surface area contributed by atoms with Crippen molar-refractivity contribution in [2.24, 2.45) is 0 Å². The Bertz CT molecular complexity index is 803. The molecule has 0 amide bonds.